The minimum absolute atomic E-state index is 0.479. The molecule has 2 N–H and O–H groups in total. The molecule has 1 atom stereocenters. The SMILES string of the molecule is CC1CCN(c2cc(N3CCCCC3C)nc(NC(=S)NC3CCCCC3)n2)CC1. The molecule has 4 rings (SSSR count). The summed E-state index contributed by atoms with van der Waals surface area (Å²) >= 11 is 5.63. The molecule has 0 radical (unpaired) electrons. The minimum atomic E-state index is 0.479. The molecule has 6 nitrogen and oxygen atoms in total. The molecule has 0 bridgehead atoms. The van der Waals surface area contributed by atoms with E-state index in [-0.39, 0.29) is 0 Å². The highest BCUT2D eigenvalue weighted by Crippen LogP contribution is 2.29. The van der Waals surface area contributed by atoms with Crippen LogP contribution in [0.2, 0.25) is 0 Å². The minimum Gasteiger partial charge on any atom is -0.360 e. The van der Waals surface area contributed by atoms with E-state index in [0.717, 1.165) is 37.2 Å². The van der Waals surface area contributed by atoms with Gasteiger partial charge in [-0.25, -0.2) is 0 Å². The highest BCUT2D eigenvalue weighted by atomic mass is 32.1. The normalized spacial score (nSPS) is 24.0. The third-order valence-corrected chi connectivity index (χ3v) is 7.29. The Balaban J connectivity index is 1.52. The zero-order chi connectivity index (χ0) is 20.9. The quantitative estimate of drug-likeness (QED) is 0.671. The number of aromatic nitrogens is 2. The monoisotopic (exact) mass is 430 g/mol. The molecule has 1 aliphatic carbocycles. The molecule has 3 aliphatic rings. The van der Waals surface area contributed by atoms with E-state index in [0.29, 0.717) is 23.1 Å². The molecule has 30 heavy (non-hydrogen) atoms. The van der Waals surface area contributed by atoms with Crippen LogP contribution in [0.25, 0.3) is 0 Å². The maximum atomic E-state index is 5.63. The molecule has 3 fully saturated rings. The van der Waals surface area contributed by atoms with Crippen LogP contribution in [0.1, 0.15) is 78.1 Å². The Bertz CT molecular complexity index is 712. The first-order valence-electron chi connectivity index (χ1n) is 12.1. The van der Waals surface area contributed by atoms with Gasteiger partial charge in [0.15, 0.2) is 5.11 Å². The first kappa shape index (κ1) is 21.6. The lowest BCUT2D eigenvalue weighted by atomic mass is 9.96. The van der Waals surface area contributed by atoms with Crippen molar-refractivity contribution in [3.63, 3.8) is 0 Å². The van der Waals surface area contributed by atoms with Gasteiger partial charge in [-0.05, 0) is 70.0 Å². The van der Waals surface area contributed by atoms with E-state index >= 15 is 0 Å². The number of thiocarbonyl (C=S) groups is 1. The standard InChI is InChI=1S/C23H38N6S/c1-17-11-14-28(15-12-17)20-16-21(29-13-7-6-8-18(29)2)26-22(25-20)27-23(30)24-19-9-4-3-5-10-19/h16-19H,3-15H2,1-2H3,(H2,24,25,26,27,30). The van der Waals surface area contributed by atoms with Crippen molar-refractivity contribution in [2.24, 2.45) is 5.92 Å². The molecule has 1 unspecified atom stereocenters. The molecule has 166 valence electrons. The molecule has 3 heterocycles. The Morgan fingerprint density at radius 3 is 2.33 bits per heavy atom. The summed E-state index contributed by atoms with van der Waals surface area (Å²) in [5.41, 5.74) is 0. The van der Waals surface area contributed by atoms with E-state index in [1.165, 1.54) is 64.2 Å². The van der Waals surface area contributed by atoms with Gasteiger partial charge in [-0.1, -0.05) is 26.2 Å². The predicted octanol–water partition coefficient (Wildman–Crippen LogP) is 4.71. The summed E-state index contributed by atoms with van der Waals surface area (Å²) in [4.78, 5) is 14.7. The van der Waals surface area contributed by atoms with Crippen molar-refractivity contribution in [2.45, 2.75) is 90.1 Å². The lowest BCUT2D eigenvalue weighted by molar-refractivity contribution is 0.414. The molecule has 7 heteroatoms. The zero-order valence-electron chi connectivity index (χ0n) is 18.7. The predicted molar refractivity (Wildman–Crippen MR) is 130 cm³/mol. The largest absolute Gasteiger partial charge is 0.360 e. The van der Waals surface area contributed by atoms with Crippen LogP contribution < -0.4 is 20.4 Å². The van der Waals surface area contributed by atoms with Gasteiger partial charge in [0.25, 0.3) is 0 Å². The molecule has 1 aromatic rings. The highest BCUT2D eigenvalue weighted by Gasteiger charge is 2.24. The number of hydrogen-bond acceptors (Lipinski definition) is 5. The summed E-state index contributed by atoms with van der Waals surface area (Å²) in [5, 5.41) is 7.47. The van der Waals surface area contributed by atoms with E-state index in [1.54, 1.807) is 0 Å². The van der Waals surface area contributed by atoms with Crippen molar-refractivity contribution in [1.82, 2.24) is 15.3 Å². The number of nitrogens with one attached hydrogen (secondary N) is 2. The van der Waals surface area contributed by atoms with Gasteiger partial charge >= 0.3 is 0 Å². The Kier molecular flexibility index (Phi) is 7.28. The van der Waals surface area contributed by atoms with Crippen LogP contribution in [0.4, 0.5) is 17.6 Å². The summed E-state index contributed by atoms with van der Waals surface area (Å²) in [6.45, 7) is 7.86. The number of nitrogens with zero attached hydrogens (tertiary/aromatic N) is 4. The van der Waals surface area contributed by atoms with Crippen molar-refractivity contribution in [3.8, 4) is 0 Å². The van der Waals surface area contributed by atoms with Gasteiger partial charge in [0, 0.05) is 37.8 Å². The van der Waals surface area contributed by atoms with Gasteiger partial charge in [0.2, 0.25) is 5.95 Å². The van der Waals surface area contributed by atoms with Crippen LogP contribution in [0.15, 0.2) is 6.07 Å². The smallest absolute Gasteiger partial charge is 0.232 e. The third-order valence-electron chi connectivity index (χ3n) is 7.07. The van der Waals surface area contributed by atoms with Crippen molar-refractivity contribution in [1.29, 1.82) is 0 Å². The van der Waals surface area contributed by atoms with Crippen LogP contribution in [0.3, 0.4) is 0 Å². The summed E-state index contributed by atoms with van der Waals surface area (Å²) in [6.07, 6.45) is 12.5. The molecule has 2 saturated heterocycles. The maximum Gasteiger partial charge on any atom is 0.232 e. The fourth-order valence-corrected chi connectivity index (χ4v) is 5.29. The molecule has 0 aromatic carbocycles. The fraction of sp³-hybridized carbons (Fsp3) is 0.783. The van der Waals surface area contributed by atoms with Crippen molar-refractivity contribution in [2.75, 3.05) is 34.8 Å². The molecule has 0 amide bonds. The lowest BCUT2D eigenvalue weighted by Crippen LogP contribution is -2.40. The summed E-state index contributed by atoms with van der Waals surface area (Å²) < 4.78 is 0. The molecule has 1 saturated carbocycles. The van der Waals surface area contributed by atoms with E-state index in [9.17, 15) is 0 Å². The van der Waals surface area contributed by atoms with Crippen LogP contribution in [-0.2, 0) is 0 Å². The first-order chi connectivity index (χ1) is 14.6. The van der Waals surface area contributed by atoms with Crippen molar-refractivity contribution < 1.29 is 0 Å². The Morgan fingerprint density at radius 1 is 0.900 bits per heavy atom. The van der Waals surface area contributed by atoms with Crippen molar-refractivity contribution >= 4 is 34.9 Å². The topological polar surface area (TPSA) is 56.3 Å². The molecule has 0 spiro atoms. The Hall–Kier alpha value is -1.63. The fourth-order valence-electron chi connectivity index (χ4n) is 5.03. The highest BCUT2D eigenvalue weighted by molar-refractivity contribution is 7.80. The number of rotatable bonds is 4. The Morgan fingerprint density at radius 2 is 1.60 bits per heavy atom. The average Bonchev–Trinajstić information content (AvgIpc) is 2.75. The zero-order valence-corrected chi connectivity index (χ0v) is 19.5. The number of anilines is 3. The van der Waals surface area contributed by atoms with Crippen LogP contribution in [0.5, 0.6) is 0 Å². The van der Waals surface area contributed by atoms with Gasteiger partial charge in [-0.15, -0.1) is 0 Å². The molecule has 2 aliphatic heterocycles. The Labute approximate surface area is 187 Å². The molecule has 1 aromatic heterocycles. The summed E-state index contributed by atoms with van der Waals surface area (Å²) in [7, 11) is 0. The second kappa shape index (κ2) is 10.1. The third kappa shape index (κ3) is 5.54. The maximum absolute atomic E-state index is 5.63. The van der Waals surface area contributed by atoms with Gasteiger partial charge in [0.1, 0.15) is 11.6 Å². The van der Waals surface area contributed by atoms with E-state index < -0.39 is 0 Å². The molecular weight excluding hydrogens is 392 g/mol. The van der Waals surface area contributed by atoms with Gasteiger partial charge in [0.05, 0.1) is 0 Å². The average molecular weight is 431 g/mol. The summed E-state index contributed by atoms with van der Waals surface area (Å²) in [5.74, 6) is 3.50. The molecular formula is C23H38N6S. The van der Waals surface area contributed by atoms with E-state index in [1.807, 2.05) is 0 Å². The van der Waals surface area contributed by atoms with E-state index in [2.05, 4.69) is 40.3 Å². The summed E-state index contributed by atoms with van der Waals surface area (Å²) in [6, 6.07) is 3.19. The number of piperidine rings is 2. The van der Waals surface area contributed by atoms with Crippen LogP contribution in [-0.4, -0.2) is 46.8 Å². The van der Waals surface area contributed by atoms with Crippen LogP contribution in [0, 0.1) is 5.92 Å². The first-order valence-corrected chi connectivity index (χ1v) is 12.5. The van der Waals surface area contributed by atoms with Gasteiger partial charge in [-0.2, -0.15) is 9.97 Å². The second-order valence-corrected chi connectivity index (χ2v) is 9.96. The van der Waals surface area contributed by atoms with Crippen molar-refractivity contribution in [3.05, 3.63) is 6.07 Å². The number of hydrogen-bond donors (Lipinski definition) is 2. The second-order valence-electron chi connectivity index (χ2n) is 9.55. The van der Waals surface area contributed by atoms with Gasteiger partial charge < -0.3 is 20.4 Å². The van der Waals surface area contributed by atoms with Crippen LogP contribution >= 0.6 is 12.2 Å². The van der Waals surface area contributed by atoms with Gasteiger partial charge in [-0.3, -0.25) is 0 Å². The lowest BCUT2D eigenvalue weighted by Gasteiger charge is -2.36. The van der Waals surface area contributed by atoms with E-state index in [4.69, 9.17) is 22.2 Å².